The Morgan fingerprint density at radius 1 is 1.21 bits per heavy atom. The fourth-order valence-electron chi connectivity index (χ4n) is 1.54. The summed E-state index contributed by atoms with van der Waals surface area (Å²) in [4.78, 5) is 33.6. The predicted octanol–water partition coefficient (Wildman–Crippen LogP) is 2.49. The summed E-state index contributed by atoms with van der Waals surface area (Å²) in [6.45, 7) is 7.05. The molecule has 0 aliphatic rings. The minimum Gasteiger partial charge on any atom is -0.481 e. The molecule has 0 saturated heterocycles. The van der Waals surface area contributed by atoms with Gasteiger partial charge in [-0.25, -0.2) is 0 Å². The van der Waals surface area contributed by atoms with Gasteiger partial charge in [0, 0.05) is 12.8 Å². The summed E-state index contributed by atoms with van der Waals surface area (Å²) in [6.07, 6.45) is 1.51. The molecule has 5 heteroatoms. The normalized spacial score (nSPS) is 11.7. The van der Waals surface area contributed by atoms with Crippen LogP contribution in [0.4, 0.5) is 0 Å². The molecule has 0 rings (SSSR count). The lowest BCUT2D eigenvalue weighted by atomic mass is 10.1. The predicted molar refractivity (Wildman–Crippen MR) is 70.7 cm³/mol. The number of carbonyl (C=O) groups is 3. The van der Waals surface area contributed by atoms with Crippen LogP contribution in [0, 0.1) is 0 Å². The zero-order valence-corrected chi connectivity index (χ0v) is 11.6. The van der Waals surface area contributed by atoms with E-state index in [0.29, 0.717) is 24.8 Å². The molecule has 0 heterocycles. The zero-order chi connectivity index (χ0) is 14.8. The first-order chi connectivity index (χ1) is 8.88. The van der Waals surface area contributed by atoms with Crippen LogP contribution in [0.1, 0.15) is 52.4 Å². The van der Waals surface area contributed by atoms with E-state index in [1.165, 1.54) is 0 Å². The van der Waals surface area contributed by atoms with Crippen molar-refractivity contribution in [3.05, 3.63) is 12.2 Å². The number of unbranched alkanes of at least 4 members (excludes halogenated alkanes) is 1. The SMILES string of the molecule is C=C(C)C(=O)C(CCC)OC(=O)CCCCC(=O)O. The van der Waals surface area contributed by atoms with Gasteiger partial charge in [0.15, 0.2) is 11.9 Å². The molecule has 0 aromatic heterocycles. The van der Waals surface area contributed by atoms with E-state index in [4.69, 9.17) is 9.84 Å². The molecule has 0 saturated carbocycles. The summed E-state index contributed by atoms with van der Waals surface area (Å²) in [6, 6.07) is 0. The van der Waals surface area contributed by atoms with Crippen LogP contribution in [0.25, 0.3) is 0 Å². The van der Waals surface area contributed by atoms with Gasteiger partial charge in [-0.2, -0.15) is 0 Å². The number of carboxylic acid groups (broad SMARTS) is 1. The van der Waals surface area contributed by atoms with Crippen LogP contribution in [-0.4, -0.2) is 28.9 Å². The Morgan fingerprint density at radius 2 is 1.79 bits per heavy atom. The maximum absolute atomic E-state index is 11.7. The molecule has 1 atom stereocenters. The van der Waals surface area contributed by atoms with E-state index in [1.54, 1.807) is 6.92 Å². The van der Waals surface area contributed by atoms with Crippen molar-refractivity contribution in [1.29, 1.82) is 0 Å². The van der Waals surface area contributed by atoms with Crippen molar-refractivity contribution in [2.75, 3.05) is 0 Å². The Labute approximate surface area is 113 Å². The lowest BCUT2D eigenvalue weighted by molar-refractivity contribution is -0.154. The van der Waals surface area contributed by atoms with Gasteiger partial charge in [-0.05, 0) is 31.8 Å². The molecule has 1 unspecified atom stereocenters. The van der Waals surface area contributed by atoms with Crippen LogP contribution in [-0.2, 0) is 19.1 Å². The molecule has 0 amide bonds. The van der Waals surface area contributed by atoms with Crippen molar-refractivity contribution >= 4 is 17.7 Å². The highest BCUT2D eigenvalue weighted by molar-refractivity contribution is 5.98. The van der Waals surface area contributed by atoms with Crippen LogP contribution < -0.4 is 0 Å². The van der Waals surface area contributed by atoms with Gasteiger partial charge in [0.1, 0.15) is 0 Å². The lowest BCUT2D eigenvalue weighted by Gasteiger charge is -2.16. The maximum Gasteiger partial charge on any atom is 0.306 e. The Hall–Kier alpha value is -1.65. The van der Waals surface area contributed by atoms with E-state index in [9.17, 15) is 14.4 Å². The number of ether oxygens (including phenoxy) is 1. The van der Waals surface area contributed by atoms with Crippen molar-refractivity contribution in [2.24, 2.45) is 0 Å². The highest BCUT2D eigenvalue weighted by Gasteiger charge is 2.22. The highest BCUT2D eigenvalue weighted by atomic mass is 16.5. The summed E-state index contributed by atoms with van der Waals surface area (Å²) in [5.41, 5.74) is 0.372. The monoisotopic (exact) mass is 270 g/mol. The Balaban J connectivity index is 4.13. The zero-order valence-electron chi connectivity index (χ0n) is 11.6. The minimum absolute atomic E-state index is 0.0381. The van der Waals surface area contributed by atoms with Gasteiger partial charge in [0.25, 0.3) is 0 Å². The van der Waals surface area contributed by atoms with E-state index in [1.807, 2.05) is 6.92 Å². The number of rotatable bonds is 10. The van der Waals surface area contributed by atoms with Gasteiger partial charge in [-0.3, -0.25) is 14.4 Å². The Kier molecular flexibility index (Phi) is 8.49. The third-order valence-electron chi connectivity index (χ3n) is 2.56. The fraction of sp³-hybridized carbons (Fsp3) is 0.643. The Bertz CT molecular complexity index is 346. The molecule has 1 N–H and O–H groups in total. The highest BCUT2D eigenvalue weighted by Crippen LogP contribution is 2.11. The lowest BCUT2D eigenvalue weighted by Crippen LogP contribution is -2.27. The summed E-state index contributed by atoms with van der Waals surface area (Å²) in [7, 11) is 0. The number of carbonyl (C=O) groups excluding carboxylic acids is 2. The number of hydrogen-bond donors (Lipinski definition) is 1. The maximum atomic E-state index is 11.7. The number of esters is 1. The van der Waals surface area contributed by atoms with Gasteiger partial charge < -0.3 is 9.84 Å². The second-order valence-electron chi connectivity index (χ2n) is 4.51. The van der Waals surface area contributed by atoms with Crippen molar-refractivity contribution < 1.29 is 24.2 Å². The largest absolute Gasteiger partial charge is 0.481 e. The summed E-state index contributed by atoms with van der Waals surface area (Å²) < 4.78 is 5.12. The van der Waals surface area contributed by atoms with Gasteiger partial charge >= 0.3 is 11.9 Å². The van der Waals surface area contributed by atoms with Crippen LogP contribution in [0.5, 0.6) is 0 Å². The average Bonchev–Trinajstić information content (AvgIpc) is 2.32. The number of hydrogen-bond acceptors (Lipinski definition) is 4. The quantitative estimate of drug-likeness (QED) is 0.375. The second kappa shape index (κ2) is 9.30. The number of carboxylic acids is 1. The van der Waals surface area contributed by atoms with Gasteiger partial charge in [-0.15, -0.1) is 0 Å². The molecule has 0 bridgehead atoms. The van der Waals surface area contributed by atoms with E-state index >= 15 is 0 Å². The summed E-state index contributed by atoms with van der Waals surface area (Å²) in [5, 5.41) is 8.46. The van der Waals surface area contributed by atoms with Gasteiger partial charge in [0.2, 0.25) is 0 Å². The molecule has 0 radical (unpaired) electrons. The number of Topliss-reactive ketones (excluding diaryl/α,β-unsaturated/α-hetero) is 1. The second-order valence-corrected chi connectivity index (χ2v) is 4.51. The molecule has 0 aromatic rings. The number of aliphatic carboxylic acids is 1. The van der Waals surface area contributed by atoms with E-state index < -0.39 is 18.0 Å². The number of ketones is 1. The molecule has 0 spiro atoms. The molecular weight excluding hydrogens is 248 g/mol. The average molecular weight is 270 g/mol. The third-order valence-corrected chi connectivity index (χ3v) is 2.56. The molecule has 108 valence electrons. The van der Waals surface area contributed by atoms with Crippen LogP contribution in [0.2, 0.25) is 0 Å². The first kappa shape index (κ1) is 17.4. The van der Waals surface area contributed by atoms with Crippen LogP contribution in [0.3, 0.4) is 0 Å². The fourth-order valence-corrected chi connectivity index (χ4v) is 1.54. The van der Waals surface area contributed by atoms with Crippen LogP contribution in [0.15, 0.2) is 12.2 Å². The molecule has 5 nitrogen and oxygen atoms in total. The standard InChI is InChI=1S/C14H22O5/c1-4-7-11(14(18)10(2)3)19-13(17)9-6-5-8-12(15)16/h11H,2,4-9H2,1,3H3,(H,15,16). The first-order valence-corrected chi connectivity index (χ1v) is 6.49. The van der Waals surface area contributed by atoms with Crippen molar-refractivity contribution in [3.63, 3.8) is 0 Å². The summed E-state index contributed by atoms with van der Waals surface area (Å²) >= 11 is 0. The minimum atomic E-state index is -0.880. The van der Waals surface area contributed by atoms with Crippen molar-refractivity contribution in [3.8, 4) is 0 Å². The smallest absolute Gasteiger partial charge is 0.306 e. The molecule has 0 fully saturated rings. The first-order valence-electron chi connectivity index (χ1n) is 6.49. The molecular formula is C14H22O5. The van der Waals surface area contributed by atoms with E-state index in [-0.39, 0.29) is 18.6 Å². The van der Waals surface area contributed by atoms with E-state index in [0.717, 1.165) is 6.42 Å². The van der Waals surface area contributed by atoms with E-state index in [2.05, 4.69) is 6.58 Å². The van der Waals surface area contributed by atoms with Crippen molar-refractivity contribution in [2.45, 2.75) is 58.5 Å². The molecule has 0 aliphatic carbocycles. The van der Waals surface area contributed by atoms with Crippen molar-refractivity contribution in [1.82, 2.24) is 0 Å². The van der Waals surface area contributed by atoms with Gasteiger partial charge in [0.05, 0.1) is 0 Å². The molecule has 0 aliphatic heterocycles. The summed E-state index contributed by atoms with van der Waals surface area (Å²) in [5.74, 6) is -1.59. The molecule has 19 heavy (non-hydrogen) atoms. The molecule has 0 aromatic carbocycles. The topological polar surface area (TPSA) is 80.7 Å². The Morgan fingerprint density at radius 3 is 2.26 bits per heavy atom. The van der Waals surface area contributed by atoms with Crippen LogP contribution >= 0.6 is 0 Å². The third kappa shape index (κ3) is 8.13. The van der Waals surface area contributed by atoms with Gasteiger partial charge in [-0.1, -0.05) is 19.9 Å².